The summed E-state index contributed by atoms with van der Waals surface area (Å²) < 4.78 is 14.3. The van der Waals surface area contributed by atoms with Crippen LogP contribution in [0.5, 0.6) is 0 Å². The molecule has 0 unspecified atom stereocenters. The van der Waals surface area contributed by atoms with E-state index in [4.69, 9.17) is 0 Å². The maximum Gasteiger partial charge on any atom is 0.251 e. The summed E-state index contributed by atoms with van der Waals surface area (Å²) in [6.45, 7) is 2.44. The second kappa shape index (κ2) is 8.45. The van der Waals surface area contributed by atoms with Crippen LogP contribution < -0.4 is 5.32 Å². The molecule has 1 aromatic carbocycles. The summed E-state index contributed by atoms with van der Waals surface area (Å²) in [4.78, 5) is 11.8. The highest BCUT2D eigenvalue weighted by atomic mass is 127. The van der Waals surface area contributed by atoms with E-state index in [-0.39, 0.29) is 11.7 Å². The highest BCUT2D eigenvalue weighted by Crippen LogP contribution is 2.08. The first kappa shape index (κ1) is 15.4. The lowest BCUT2D eigenvalue weighted by Crippen LogP contribution is -2.24. The van der Waals surface area contributed by atoms with Gasteiger partial charge in [-0.1, -0.05) is 35.4 Å². The number of rotatable bonds is 7. The molecule has 0 aliphatic heterocycles. The molecule has 0 bridgehead atoms. The molecule has 0 heterocycles. The Labute approximate surface area is 121 Å². The van der Waals surface area contributed by atoms with E-state index in [9.17, 15) is 9.18 Å². The van der Waals surface area contributed by atoms with Crippen LogP contribution in [0.25, 0.3) is 0 Å². The molecular formula is C14H19FINO. The molecule has 18 heavy (non-hydrogen) atoms. The van der Waals surface area contributed by atoms with Crippen LogP contribution in [0, 0.1) is 12.7 Å². The predicted molar refractivity (Wildman–Crippen MR) is 80.8 cm³/mol. The number of benzene rings is 1. The van der Waals surface area contributed by atoms with Gasteiger partial charge in [0.1, 0.15) is 5.82 Å². The SMILES string of the molecule is Cc1cc(F)cc(C(=O)NCCCCCCI)c1. The minimum atomic E-state index is -0.359. The van der Waals surface area contributed by atoms with Gasteiger partial charge >= 0.3 is 0 Å². The van der Waals surface area contributed by atoms with E-state index in [1.807, 2.05) is 0 Å². The second-order valence-corrected chi connectivity index (χ2v) is 5.46. The second-order valence-electron chi connectivity index (χ2n) is 4.38. The average molecular weight is 363 g/mol. The van der Waals surface area contributed by atoms with E-state index in [1.165, 1.54) is 29.4 Å². The van der Waals surface area contributed by atoms with Gasteiger partial charge in [0.25, 0.3) is 5.91 Å². The lowest BCUT2D eigenvalue weighted by molar-refractivity contribution is 0.0952. The molecule has 0 aliphatic rings. The molecule has 100 valence electrons. The summed E-state index contributed by atoms with van der Waals surface area (Å²) >= 11 is 2.37. The first-order chi connectivity index (χ1) is 8.63. The molecule has 2 nitrogen and oxygen atoms in total. The van der Waals surface area contributed by atoms with E-state index in [2.05, 4.69) is 27.9 Å². The number of carbonyl (C=O) groups excluding carboxylic acids is 1. The summed E-state index contributed by atoms with van der Waals surface area (Å²) in [6, 6.07) is 4.40. The normalized spacial score (nSPS) is 10.4. The lowest BCUT2D eigenvalue weighted by Gasteiger charge is -2.06. The van der Waals surface area contributed by atoms with Gasteiger partial charge in [-0.2, -0.15) is 0 Å². The molecule has 1 amide bonds. The fraction of sp³-hybridized carbons (Fsp3) is 0.500. The van der Waals surface area contributed by atoms with Gasteiger partial charge in [0.05, 0.1) is 0 Å². The van der Waals surface area contributed by atoms with Crippen LogP contribution in [0.15, 0.2) is 18.2 Å². The first-order valence-corrected chi connectivity index (χ1v) is 7.77. The van der Waals surface area contributed by atoms with Crippen LogP contribution in [-0.4, -0.2) is 16.9 Å². The van der Waals surface area contributed by atoms with Crippen molar-refractivity contribution in [3.8, 4) is 0 Å². The Balaban J connectivity index is 2.32. The van der Waals surface area contributed by atoms with Crippen LogP contribution in [0.4, 0.5) is 4.39 Å². The van der Waals surface area contributed by atoms with Crippen molar-refractivity contribution in [1.29, 1.82) is 0 Å². The molecule has 1 N–H and O–H groups in total. The van der Waals surface area contributed by atoms with E-state index in [0.717, 1.165) is 18.4 Å². The molecule has 0 saturated carbocycles. The summed E-state index contributed by atoms with van der Waals surface area (Å²) in [7, 11) is 0. The number of carbonyl (C=O) groups is 1. The summed E-state index contributed by atoms with van der Waals surface area (Å²) in [6.07, 6.45) is 4.55. The van der Waals surface area contributed by atoms with Crippen LogP contribution in [0.1, 0.15) is 41.6 Å². The molecule has 4 heteroatoms. The third-order valence-corrected chi connectivity index (χ3v) is 3.41. The number of unbranched alkanes of at least 4 members (excludes halogenated alkanes) is 3. The average Bonchev–Trinajstić information content (AvgIpc) is 2.32. The van der Waals surface area contributed by atoms with Crippen molar-refractivity contribution in [2.75, 3.05) is 11.0 Å². The fourth-order valence-electron chi connectivity index (χ4n) is 1.74. The first-order valence-electron chi connectivity index (χ1n) is 6.25. The molecule has 0 aromatic heterocycles. The maximum atomic E-state index is 13.1. The zero-order valence-electron chi connectivity index (χ0n) is 10.6. The topological polar surface area (TPSA) is 29.1 Å². The van der Waals surface area contributed by atoms with Gasteiger partial charge in [0, 0.05) is 12.1 Å². The quantitative estimate of drug-likeness (QED) is 0.445. The van der Waals surface area contributed by atoms with Crippen molar-refractivity contribution < 1.29 is 9.18 Å². The van der Waals surface area contributed by atoms with Crippen LogP contribution in [0.2, 0.25) is 0 Å². The largest absolute Gasteiger partial charge is 0.352 e. The van der Waals surface area contributed by atoms with Gasteiger partial charge in [0.15, 0.2) is 0 Å². The van der Waals surface area contributed by atoms with E-state index in [0.29, 0.717) is 12.1 Å². The Morgan fingerprint density at radius 1 is 1.22 bits per heavy atom. The standard InChI is InChI=1S/C14H19FINO/c1-11-8-12(10-13(15)9-11)14(18)17-7-5-3-2-4-6-16/h8-10H,2-7H2,1H3,(H,17,18). The Hall–Kier alpha value is -0.650. The van der Waals surface area contributed by atoms with Crippen LogP contribution in [-0.2, 0) is 0 Å². The van der Waals surface area contributed by atoms with Crippen molar-refractivity contribution in [3.05, 3.63) is 35.1 Å². The monoisotopic (exact) mass is 363 g/mol. The lowest BCUT2D eigenvalue weighted by atomic mass is 10.1. The highest BCUT2D eigenvalue weighted by molar-refractivity contribution is 14.1. The number of alkyl halides is 1. The number of aryl methyl sites for hydroxylation is 1. The molecule has 0 radical (unpaired) electrons. The summed E-state index contributed by atoms with van der Waals surface area (Å²) in [5.41, 5.74) is 1.17. The van der Waals surface area contributed by atoms with Gasteiger partial charge in [-0.05, 0) is 48.0 Å². The summed E-state index contributed by atoms with van der Waals surface area (Å²) in [5.74, 6) is -0.548. The van der Waals surface area contributed by atoms with Gasteiger partial charge < -0.3 is 5.32 Å². The number of amides is 1. The van der Waals surface area contributed by atoms with E-state index < -0.39 is 0 Å². The van der Waals surface area contributed by atoms with E-state index >= 15 is 0 Å². The number of hydrogen-bond donors (Lipinski definition) is 1. The van der Waals surface area contributed by atoms with Gasteiger partial charge in [-0.3, -0.25) is 4.79 Å². The maximum absolute atomic E-state index is 13.1. The zero-order valence-corrected chi connectivity index (χ0v) is 12.8. The Kier molecular flexibility index (Phi) is 7.23. The highest BCUT2D eigenvalue weighted by Gasteiger charge is 2.06. The van der Waals surface area contributed by atoms with Crippen LogP contribution >= 0.6 is 22.6 Å². The van der Waals surface area contributed by atoms with Gasteiger partial charge in [0.2, 0.25) is 0 Å². The van der Waals surface area contributed by atoms with Crippen molar-refractivity contribution >= 4 is 28.5 Å². The third-order valence-electron chi connectivity index (χ3n) is 2.65. The summed E-state index contributed by atoms with van der Waals surface area (Å²) in [5, 5.41) is 2.82. The van der Waals surface area contributed by atoms with Gasteiger partial charge in [-0.15, -0.1) is 0 Å². The Bertz CT molecular complexity index is 375. The number of halogens is 2. The van der Waals surface area contributed by atoms with Crippen LogP contribution in [0.3, 0.4) is 0 Å². The molecule has 0 fully saturated rings. The zero-order chi connectivity index (χ0) is 13.4. The Morgan fingerprint density at radius 2 is 1.94 bits per heavy atom. The molecule has 0 spiro atoms. The molecule has 1 rings (SSSR count). The predicted octanol–water partition coefficient (Wildman–Crippen LogP) is 3.86. The van der Waals surface area contributed by atoms with Gasteiger partial charge in [-0.25, -0.2) is 4.39 Å². The minimum Gasteiger partial charge on any atom is -0.352 e. The molecule has 0 saturated heterocycles. The third kappa shape index (κ3) is 5.80. The fourth-order valence-corrected chi connectivity index (χ4v) is 2.28. The smallest absolute Gasteiger partial charge is 0.251 e. The van der Waals surface area contributed by atoms with E-state index in [1.54, 1.807) is 13.0 Å². The molecular weight excluding hydrogens is 344 g/mol. The molecule has 1 aromatic rings. The molecule has 0 aliphatic carbocycles. The van der Waals surface area contributed by atoms with Crippen molar-refractivity contribution in [3.63, 3.8) is 0 Å². The van der Waals surface area contributed by atoms with Crippen molar-refractivity contribution in [2.24, 2.45) is 0 Å². The van der Waals surface area contributed by atoms with Crippen molar-refractivity contribution in [2.45, 2.75) is 32.6 Å². The Morgan fingerprint density at radius 3 is 2.61 bits per heavy atom. The minimum absolute atomic E-state index is 0.188. The number of nitrogens with one attached hydrogen (secondary N) is 1. The number of hydrogen-bond acceptors (Lipinski definition) is 1. The molecule has 0 atom stereocenters. The van der Waals surface area contributed by atoms with Crippen molar-refractivity contribution in [1.82, 2.24) is 5.32 Å².